The van der Waals surface area contributed by atoms with E-state index in [1.807, 2.05) is 11.0 Å². The Morgan fingerprint density at radius 3 is 2.84 bits per heavy atom. The second-order valence-corrected chi connectivity index (χ2v) is 7.21. The Bertz CT molecular complexity index is 632. The van der Waals surface area contributed by atoms with Gasteiger partial charge in [0.15, 0.2) is 0 Å². The summed E-state index contributed by atoms with van der Waals surface area (Å²) in [4.78, 5) is 30.9. The average Bonchev–Trinajstić information content (AvgIpc) is 3.23. The maximum Gasteiger partial charge on any atom is 0.317 e. The zero-order valence-electron chi connectivity index (χ0n) is 14.2. The first kappa shape index (κ1) is 16.3. The lowest BCUT2D eigenvalue weighted by Gasteiger charge is -2.33. The monoisotopic (exact) mass is 344 g/mol. The van der Waals surface area contributed by atoms with Crippen molar-refractivity contribution >= 4 is 17.6 Å². The Balaban J connectivity index is 1.35. The lowest BCUT2D eigenvalue weighted by Crippen LogP contribution is -2.52. The first-order chi connectivity index (χ1) is 12.2. The molecule has 1 saturated carbocycles. The van der Waals surface area contributed by atoms with Crippen LogP contribution in [0.4, 0.5) is 10.5 Å². The molecule has 2 N–H and O–H groups in total. The van der Waals surface area contributed by atoms with Gasteiger partial charge in [-0.05, 0) is 31.4 Å². The van der Waals surface area contributed by atoms with Crippen LogP contribution in [0.2, 0.25) is 0 Å². The van der Waals surface area contributed by atoms with Gasteiger partial charge in [0.25, 0.3) is 0 Å². The molecular weight excluding hydrogens is 320 g/mol. The van der Waals surface area contributed by atoms with Gasteiger partial charge in [-0.1, -0.05) is 12.8 Å². The molecule has 0 spiro atoms. The van der Waals surface area contributed by atoms with Crippen LogP contribution in [-0.2, 0) is 9.53 Å². The molecule has 2 saturated heterocycles. The highest BCUT2D eigenvalue weighted by Crippen LogP contribution is 2.33. The van der Waals surface area contributed by atoms with Gasteiger partial charge in [-0.25, -0.2) is 4.79 Å². The van der Waals surface area contributed by atoms with Crippen LogP contribution in [0.25, 0.3) is 0 Å². The van der Waals surface area contributed by atoms with E-state index in [9.17, 15) is 9.59 Å². The molecule has 7 nitrogen and oxygen atoms in total. The summed E-state index contributed by atoms with van der Waals surface area (Å²) in [5, 5.41) is 6.02. The Hall–Kier alpha value is -2.15. The number of hydrogen-bond donors (Lipinski definition) is 2. The molecule has 3 atom stereocenters. The zero-order valence-corrected chi connectivity index (χ0v) is 14.2. The van der Waals surface area contributed by atoms with Gasteiger partial charge in [0, 0.05) is 25.3 Å². The quantitative estimate of drug-likeness (QED) is 0.875. The SMILES string of the molecule is O=C(Nc1cccnc1)[C@@H]1C[C@H]2CN(C(=O)NC3CCCC3)C[C@@H]1O2. The van der Waals surface area contributed by atoms with Crippen LogP contribution in [0.1, 0.15) is 32.1 Å². The molecule has 1 aromatic rings. The van der Waals surface area contributed by atoms with Gasteiger partial charge >= 0.3 is 6.03 Å². The summed E-state index contributed by atoms with van der Waals surface area (Å²) in [6.07, 6.45) is 8.18. The van der Waals surface area contributed by atoms with E-state index in [2.05, 4.69) is 15.6 Å². The fourth-order valence-electron chi connectivity index (χ4n) is 4.11. The summed E-state index contributed by atoms with van der Waals surface area (Å²) in [6.45, 7) is 1.03. The van der Waals surface area contributed by atoms with Crippen molar-refractivity contribution < 1.29 is 14.3 Å². The first-order valence-corrected chi connectivity index (χ1v) is 9.11. The van der Waals surface area contributed by atoms with Crippen molar-refractivity contribution in [3.63, 3.8) is 0 Å². The predicted octanol–water partition coefficient (Wildman–Crippen LogP) is 1.76. The molecular formula is C18H24N4O3. The molecule has 4 rings (SSSR count). The van der Waals surface area contributed by atoms with Crippen molar-refractivity contribution in [2.75, 3.05) is 18.4 Å². The smallest absolute Gasteiger partial charge is 0.317 e. The minimum absolute atomic E-state index is 0.0153. The summed E-state index contributed by atoms with van der Waals surface area (Å²) in [7, 11) is 0. The van der Waals surface area contributed by atoms with Crippen LogP contribution >= 0.6 is 0 Å². The van der Waals surface area contributed by atoms with E-state index in [1.165, 1.54) is 12.8 Å². The van der Waals surface area contributed by atoms with Crippen LogP contribution in [0.5, 0.6) is 0 Å². The fourth-order valence-corrected chi connectivity index (χ4v) is 4.11. The van der Waals surface area contributed by atoms with Gasteiger partial charge in [0.1, 0.15) is 0 Å². The lowest BCUT2D eigenvalue weighted by molar-refractivity contribution is -0.122. The largest absolute Gasteiger partial charge is 0.370 e. The number of rotatable bonds is 3. The zero-order chi connectivity index (χ0) is 17.2. The van der Waals surface area contributed by atoms with E-state index < -0.39 is 0 Å². The van der Waals surface area contributed by atoms with Gasteiger partial charge < -0.3 is 20.3 Å². The van der Waals surface area contributed by atoms with Crippen LogP contribution in [0, 0.1) is 5.92 Å². The van der Waals surface area contributed by atoms with Crippen LogP contribution in [-0.4, -0.2) is 53.2 Å². The highest BCUT2D eigenvalue weighted by atomic mass is 16.5. The average molecular weight is 344 g/mol. The fraction of sp³-hybridized carbons (Fsp3) is 0.611. The number of carbonyl (C=O) groups is 2. The van der Waals surface area contributed by atoms with E-state index >= 15 is 0 Å². The second kappa shape index (κ2) is 7.00. The van der Waals surface area contributed by atoms with E-state index in [-0.39, 0.29) is 30.1 Å². The summed E-state index contributed by atoms with van der Waals surface area (Å²) in [6, 6.07) is 3.89. The molecule has 0 radical (unpaired) electrons. The summed E-state index contributed by atoms with van der Waals surface area (Å²) in [5.74, 6) is -0.284. The van der Waals surface area contributed by atoms with Crippen molar-refractivity contribution in [2.45, 2.75) is 50.4 Å². The van der Waals surface area contributed by atoms with Gasteiger partial charge in [0.05, 0.1) is 30.0 Å². The van der Waals surface area contributed by atoms with Crippen molar-refractivity contribution in [3.05, 3.63) is 24.5 Å². The minimum atomic E-state index is -0.232. The number of ether oxygens (including phenoxy) is 1. The standard InChI is InChI=1S/C18H24N4O3/c23-17(20-13-6-3-7-19-9-13)15-8-14-10-22(11-16(15)25-14)18(24)21-12-4-1-2-5-12/h3,6-7,9,12,14-16H,1-2,4-5,8,10-11H2,(H,20,23)(H,21,24)/t14-,15+,16-/m0/s1. The third-order valence-corrected chi connectivity index (χ3v) is 5.39. The molecule has 3 heterocycles. The first-order valence-electron chi connectivity index (χ1n) is 9.11. The number of nitrogens with zero attached hydrogens (tertiary/aromatic N) is 2. The summed E-state index contributed by atoms with van der Waals surface area (Å²) in [5.41, 5.74) is 0.685. The van der Waals surface area contributed by atoms with Crippen LogP contribution < -0.4 is 10.6 Å². The number of fused-ring (bicyclic) bond motifs is 2. The maximum absolute atomic E-state index is 12.6. The van der Waals surface area contributed by atoms with E-state index in [1.54, 1.807) is 18.5 Å². The highest BCUT2D eigenvalue weighted by Gasteiger charge is 2.46. The van der Waals surface area contributed by atoms with Gasteiger partial charge in [-0.3, -0.25) is 9.78 Å². The van der Waals surface area contributed by atoms with Crippen molar-refractivity contribution in [1.29, 1.82) is 0 Å². The number of carbonyl (C=O) groups excluding carboxylic acids is 2. The van der Waals surface area contributed by atoms with E-state index in [4.69, 9.17) is 4.74 Å². The Labute approximate surface area is 147 Å². The molecule has 3 fully saturated rings. The molecule has 0 unspecified atom stereocenters. The predicted molar refractivity (Wildman–Crippen MR) is 92.0 cm³/mol. The topological polar surface area (TPSA) is 83.6 Å². The van der Waals surface area contributed by atoms with Crippen molar-refractivity contribution in [1.82, 2.24) is 15.2 Å². The van der Waals surface area contributed by atoms with Crippen LogP contribution in [0.15, 0.2) is 24.5 Å². The number of pyridine rings is 1. The Kier molecular flexibility index (Phi) is 4.57. The Morgan fingerprint density at radius 1 is 1.24 bits per heavy atom. The second-order valence-electron chi connectivity index (χ2n) is 7.21. The number of likely N-dealkylation sites (tertiary alicyclic amines) is 1. The number of aromatic nitrogens is 1. The van der Waals surface area contributed by atoms with E-state index in [0.29, 0.717) is 31.2 Å². The normalized spacial score (nSPS) is 28.8. The molecule has 0 aromatic carbocycles. The molecule has 1 aliphatic carbocycles. The third-order valence-electron chi connectivity index (χ3n) is 5.39. The number of nitrogens with one attached hydrogen (secondary N) is 2. The van der Waals surface area contributed by atoms with Crippen LogP contribution in [0.3, 0.4) is 0 Å². The molecule has 2 bridgehead atoms. The number of urea groups is 1. The number of amides is 3. The van der Waals surface area contributed by atoms with Crippen molar-refractivity contribution in [2.24, 2.45) is 5.92 Å². The van der Waals surface area contributed by atoms with E-state index in [0.717, 1.165) is 12.8 Å². The van der Waals surface area contributed by atoms with Gasteiger partial charge in [-0.15, -0.1) is 0 Å². The molecule has 25 heavy (non-hydrogen) atoms. The summed E-state index contributed by atoms with van der Waals surface area (Å²) >= 11 is 0. The molecule has 7 heteroatoms. The highest BCUT2D eigenvalue weighted by molar-refractivity contribution is 5.93. The third kappa shape index (κ3) is 3.61. The number of anilines is 1. The molecule has 2 aliphatic heterocycles. The maximum atomic E-state index is 12.6. The summed E-state index contributed by atoms with van der Waals surface area (Å²) < 4.78 is 5.92. The van der Waals surface area contributed by atoms with Crippen molar-refractivity contribution in [3.8, 4) is 0 Å². The number of hydrogen-bond acceptors (Lipinski definition) is 4. The van der Waals surface area contributed by atoms with Gasteiger partial charge in [0.2, 0.25) is 5.91 Å². The molecule has 3 aliphatic rings. The lowest BCUT2D eigenvalue weighted by atomic mass is 9.99. The molecule has 134 valence electrons. The minimum Gasteiger partial charge on any atom is -0.370 e. The molecule has 1 aromatic heterocycles. The van der Waals surface area contributed by atoms with Gasteiger partial charge in [-0.2, -0.15) is 0 Å². The Morgan fingerprint density at radius 2 is 2.08 bits per heavy atom. The molecule has 3 amide bonds. The number of morpholine rings is 1.